The van der Waals surface area contributed by atoms with Crippen LogP contribution in [0.3, 0.4) is 0 Å². The lowest BCUT2D eigenvalue weighted by Gasteiger charge is -2.28. The van der Waals surface area contributed by atoms with Gasteiger partial charge in [-0.1, -0.05) is 31.2 Å². The fourth-order valence-electron chi connectivity index (χ4n) is 4.35. The third-order valence-electron chi connectivity index (χ3n) is 6.26. The van der Waals surface area contributed by atoms with Crippen molar-refractivity contribution in [2.75, 3.05) is 19.6 Å². The van der Waals surface area contributed by atoms with E-state index in [2.05, 4.69) is 53.3 Å². The quantitative estimate of drug-likeness (QED) is 0.803. The van der Waals surface area contributed by atoms with Crippen molar-refractivity contribution in [3.63, 3.8) is 0 Å². The van der Waals surface area contributed by atoms with Crippen LogP contribution < -0.4 is 5.32 Å². The Balaban J connectivity index is 1.52. The van der Waals surface area contributed by atoms with Crippen LogP contribution in [0.1, 0.15) is 32.3 Å². The molecule has 0 spiro atoms. The molecule has 2 aliphatic rings. The number of hydrogen-bond acceptors (Lipinski definition) is 3. The maximum Gasteiger partial charge on any atom is 0.228 e. The van der Waals surface area contributed by atoms with E-state index >= 15 is 0 Å². The number of nitrogens with zero attached hydrogens (tertiary/aromatic N) is 1. The summed E-state index contributed by atoms with van der Waals surface area (Å²) in [5, 5.41) is 7.24. The lowest BCUT2D eigenvalue weighted by atomic mass is 9.79. The minimum Gasteiger partial charge on any atom is -0.356 e. The summed E-state index contributed by atoms with van der Waals surface area (Å²) in [4.78, 5) is 27.6. The van der Waals surface area contributed by atoms with Crippen LogP contribution in [-0.4, -0.2) is 36.3 Å². The Labute approximate surface area is 170 Å². The lowest BCUT2D eigenvalue weighted by Crippen LogP contribution is -2.45. The second kappa shape index (κ2) is 7.70. The number of carbonyl (C=O) groups is 2. The first-order valence-electron chi connectivity index (χ1n) is 10.2. The number of likely N-dealkylation sites (tertiary alicyclic amines) is 1. The highest BCUT2D eigenvalue weighted by Crippen LogP contribution is 2.42. The van der Waals surface area contributed by atoms with E-state index in [0.717, 1.165) is 18.4 Å². The Bertz CT molecular complexity index is 846. The van der Waals surface area contributed by atoms with Crippen molar-refractivity contribution in [1.29, 1.82) is 0 Å². The Kier molecular flexibility index (Phi) is 5.28. The molecule has 3 atom stereocenters. The molecule has 4 nitrogen and oxygen atoms in total. The van der Waals surface area contributed by atoms with E-state index in [1.54, 1.807) is 11.3 Å². The minimum atomic E-state index is -0.520. The van der Waals surface area contributed by atoms with Gasteiger partial charge in [0, 0.05) is 25.6 Å². The first-order chi connectivity index (χ1) is 13.5. The summed E-state index contributed by atoms with van der Waals surface area (Å²) in [5.74, 6) is 0.995. The largest absolute Gasteiger partial charge is 0.356 e. The second-order valence-electron chi connectivity index (χ2n) is 8.35. The number of hydrogen-bond donors (Lipinski definition) is 1. The van der Waals surface area contributed by atoms with Gasteiger partial charge < -0.3 is 10.2 Å². The fourth-order valence-corrected chi connectivity index (χ4v) is 5.02. The third-order valence-corrected chi connectivity index (χ3v) is 6.95. The standard InChI is InChI=1S/C23H28N2O2S/c1-3-24-22(27)23(9-10-25(15-23)21(26)20-12-16(20)2)13-17-4-6-18(7-5-17)19-8-11-28-14-19/h4-8,11,14,16,20H,3,9-10,12-13,15H2,1-2H3,(H,24,27). The van der Waals surface area contributed by atoms with Crippen LogP contribution in [0, 0.1) is 17.3 Å². The molecule has 0 radical (unpaired) electrons. The summed E-state index contributed by atoms with van der Waals surface area (Å²) in [7, 11) is 0. The number of thiophene rings is 1. The van der Waals surface area contributed by atoms with Crippen molar-refractivity contribution < 1.29 is 9.59 Å². The van der Waals surface area contributed by atoms with Gasteiger partial charge in [-0.15, -0.1) is 0 Å². The summed E-state index contributed by atoms with van der Waals surface area (Å²) in [6.45, 7) is 5.92. The van der Waals surface area contributed by atoms with E-state index in [4.69, 9.17) is 0 Å². The molecule has 2 aromatic rings. The Morgan fingerprint density at radius 1 is 1.21 bits per heavy atom. The molecule has 2 amide bonds. The molecule has 1 N–H and O–H groups in total. The highest BCUT2D eigenvalue weighted by molar-refractivity contribution is 7.08. The first-order valence-corrected chi connectivity index (χ1v) is 11.2. The minimum absolute atomic E-state index is 0.0797. The first kappa shape index (κ1) is 19.2. The van der Waals surface area contributed by atoms with Crippen molar-refractivity contribution in [2.24, 2.45) is 17.3 Å². The molecule has 2 fully saturated rings. The van der Waals surface area contributed by atoms with Gasteiger partial charge in [-0.3, -0.25) is 9.59 Å². The Hall–Kier alpha value is -2.14. The average Bonchev–Trinajstić information content (AvgIpc) is 3.10. The van der Waals surface area contributed by atoms with Gasteiger partial charge in [0.05, 0.1) is 5.41 Å². The fraction of sp³-hybridized carbons (Fsp3) is 0.478. The zero-order valence-electron chi connectivity index (χ0n) is 16.6. The summed E-state index contributed by atoms with van der Waals surface area (Å²) >= 11 is 1.69. The zero-order chi connectivity index (χ0) is 19.7. The van der Waals surface area contributed by atoms with E-state index in [-0.39, 0.29) is 17.7 Å². The number of amides is 2. The smallest absolute Gasteiger partial charge is 0.228 e. The molecule has 0 bridgehead atoms. The summed E-state index contributed by atoms with van der Waals surface area (Å²) < 4.78 is 0. The highest BCUT2D eigenvalue weighted by Gasteiger charge is 2.49. The van der Waals surface area contributed by atoms with Crippen molar-refractivity contribution >= 4 is 23.2 Å². The van der Waals surface area contributed by atoms with Gasteiger partial charge in [0.25, 0.3) is 0 Å². The van der Waals surface area contributed by atoms with Crippen LogP contribution in [0.4, 0.5) is 0 Å². The summed E-state index contributed by atoms with van der Waals surface area (Å²) in [5.41, 5.74) is 3.06. The van der Waals surface area contributed by atoms with Crippen molar-refractivity contribution in [3.05, 3.63) is 46.7 Å². The summed E-state index contributed by atoms with van der Waals surface area (Å²) in [6.07, 6.45) is 2.40. The average molecular weight is 397 g/mol. The number of nitrogens with one attached hydrogen (secondary N) is 1. The van der Waals surface area contributed by atoms with Crippen LogP contribution in [0.2, 0.25) is 0 Å². The molecule has 1 aromatic carbocycles. The van der Waals surface area contributed by atoms with Gasteiger partial charge >= 0.3 is 0 Å². The van der Waals surface area contributed by atoms with Gasteiger partial charge in [-0.05, 0) is 65.6 Å². The second-order valence-corrected chi connectivity index (χ2v) is 9.13. The van der Waals surface area contributed by atoms with Gasteiger partial charge in [-0.25, -0.2) is 0 Å². The van der Waals surface area contributed by atoms with Gasteiger partial charge in [0.1, 0.15) is 0 Å². The van der Waals surface area contributed by atoms with Crippen LogP contribution in [-0.2, 0) is 16.0 Å². The third kappa shape index (κ3) is 3.72. The van der Waals surface area contributed by atoms with Crippen LogP contribution in [0.5, 0.6) is 0 Å². The molecule has 1 aliphatic heterocycles. The van der Waals surface area contributed by atoms with Crippen LogP contribution in [0.15, 0.2) is 41.1 Å². The topological polar surface area (TPSA) is 49.4 Å². The van der Waals surface area contributed by atoms with Gasteiger partial charge in [0.15, 0.2) is 0 Å². The van der Waals surface area contributed by atoms with Crippen LogP contribution in [0.25, 0.3) is 11.1 Å². The molecule has 1 aromatic heterocycles. The molecule has 1 saturated carbocycles. The predicted octanol–water partition coefficient (Wildman–Crippen LogP) is 3.97. The van der Waals surface area contributed by atoms with E-state index in [9.17, 15) is 9.59 Å². The molecule has 148 valence electrons. The van der Waals surface area contributed by atoms with Crippen molar-refractivity contribution in [1.82, 2.24) is 10.2 Å². The normalized spacial score (nSPS) is 26.3. The maximum absolute atomic E-state index is 13.0. The van der Waals surface area contributed by atoms with E-state index in [1.165, 1.54) is 11.1 Å². The van der Waals surface area contributed by atoms with E-state index < -0.39 is 5.41 Å². The van der Waals surface area contributed by atoms with Crippen molar-refractivity contribution in [2.45, 2.75) is 33.1 Å². The van der Waals surface area contributed by atoms with E-state index in [1.807, 2.05) is 11.8 Å². The van der Waals surface area contributed by atoms with E-state index in [0.29, 0.717) is 32.0 Å². The lowest BCUT2D eigenvalue weighted by molar-refractivity contribution is -0.134. The molecule has 5 heteroatoms. The Morgan fingerprint density at radius 3 is 2.57 bits per heavy atom. The zero-order valence-corrected chi connectivity index (χ0v) is 17.4. The molecule has 1 aliphatic carbocycles. The van der Waals surface area contributed by atoms with Gasteiger partial charge in [0.2, 0.25) is 11.8 Å². The number of benzene rings is 1. The predicted molar refractivity (Wildman–Crippen MR) is 113 cm³/mol. The molecular weight excluding hydrogens is 368 g/mol. The SMILES string of the molecule is CCNC(=O)C1(Cc2ccc(-c3ccsc3)cc2)CCN(C(=O)C2CC2C)C1. The molecule has 1 saturated heterocycles. The molecule has 3 unspecified atom stereocenters. The Morgan fingerprint density at radius 2 is 1.96 bits per heavy atom. The molecule has 2 heterocycles. The number of carbonyl (C=O) groups excluding carboxylic acids is 2. The van der Waals surface area contributed by atoms with Crippen LogP contribution >= 0.6 is 11.3 Å². The molecular formula is C23H28N2O2S. The van der Waals surface area contributed by atoms with Gasteiger partial charge in [-0.2, -0.15) is 11.3 Å². The number of rotatable bonds is 6. The highest BCUT2D eigenvalue weighted by atomic mass is 32.1. The molecule has 4 rings (SSSR count). The monoisotopic (exact) mass is 396 g/mol. The molecule has 28 heavy (non-hydrogen) atoms. The van der Waals surface area contributed by atoms with Crippen molar-refractivity contribution in [3.8, 4) is 11.1 Å². The summed E-state index contributed by atoms with van der Waals surface area (Å²) in [6, 6.07) is 10.6. The maximum atomic E-state index is 13.0.